The topological polar surface area (TPSA) is 84.9 Å². The summed E-state index contributed by atoms with van der Waals surface area (Å²) in [5.74, 6) is -0.792. The van der Waals surface area contributed by atoms with E-state index in [1.165, 1.54) is 38.8 Å². The molecule has 0 bridgehead atoms. The normalized spacial score (nSPS) is 17.6. The van der Waals surface area contributed by atoms with Crippen molar-refractivity contribution in [3.8, 4) is 0 Å². The molecule has 1 amide bonds. The zero-order valence-corrected chi connectivity index (χ0v) is 14.8. The van der Waals surface area contributed by atoms with Crippen molar-refractivity contribution in [2.45, 2.75) is 19.8 Å². The van der Waals surface area contributed by atoms with Gasteiger partial charge in [-0.15, -0.1) is 0 Å². The number of methoxy groups -OCH3 is 2. The molecule has 0 aliphatic carbocycles. The van der Waals surface area contributed by atoms with Crippen LogP contribution in [0.25, 0.3) is 0 Å². The number of benzene rings is 1. The van der Waals surface area contributed by atoms with Crippen LogP contribution in [0.15, 0.2) is 18.2 Å². The van der Waals surface area contributed by atoms with Crippen molar-refractivity contribution in [1.82, 2.24) is 4.90 Å². The van der Waals surface area contributed by atoms with Gasteiger partial charge < -0.3 is 14.8 Å². The van der Waals surface area contributed by atoms with Gasteiger partial charge in [0.15, 0.2) is 0 Å². The van der Waals surface area contributed by atoms with E-state index in [1.54, 1.807) is 0 Å². The second kappa shape index (κ2) is 8.62. The second-order valence-electron chi connectivity index (χ2n) is 6.31. The van der Waals surface area contributed by atoms with E-state index in [0.29, 0.717) is 11.6 Å². The van der Waals surface area contributed by atoms with Crippen LogP contribution in [0.5, 0.6) is 0 Å². The number of piperidine rings is 1. The first-order valence-electron chi connectivity index (χ1n) is 8.27. The predicted molar refractivity (Wildman–Crippen MR) is 92.6 cm³/mol. The van der Waals surface area contributed by atoms with Crippen LogP contribution in [0, 0.1) is 5.92 Å². The summed E-state index contributed by atoms with van der Waals surface area (Å²) in [5.41, 5.74) is 0.706. The Labute approximate surface area is 147 Å². The molecule has 1 aliphatic rings. The van der Waals surface area contributed by atoms with E-state index in [9.17, 15) is 14.4 Å². The van der Waals surface area contributed by atoms with Crippen molar-refractivity contribution >= 4 is 23.5 Å². The lowest BCUT2D eigenvalue weighted by Gasteiger charge is -2.30. The summed E-state index contributed by atoms with van der Waals surface area (Å²) < 4.78 is 9.37. The fourth-order valence-electron chi connectivity index (χ4n) is 3.01. The van der Waals surface area contributed by atoms with Crippen molar-refractivity contribution in [1.29, 1.82) is 0 Å². The molecular formula is C18H24N2O5. The molecule has 7 heteroatoms. The summed E-state index contributed by atoms with van der Waals surface area (Å²) in [6.45, 7) is 4.24. The molecule has 1 aromatic carbocycles. The van der Waals surface area contributed by atoms with Gasteiger partial charge in [0.1, 0.15) is 0 Å². The number of rotatable bonds is 5. The smallest absolute Gasteiger partial charge is 0.337 e. The largest absolute Gasteiger partial charge is 0.465 e. The summed E-state index contributed by atoms with van der Waals surface area (Å²) in [4.78, 5) is 38.0. The average molecular weight is 348 g/mol. The Morgan fingerprint density at radius 2 is 1.72 bits per heavy atom. The standard InChI is InChI=1S/C18H24N2O5/c1-12-5-4-6-20(10-12)11-16(21)19-15-8-13(17(22)24-2)7-14(9-15)18(23)25-3/h7-9,12H,4-6,10-11H2,1-3H3,(H,19,21)/t12-/m0/s1. The van der Waals surface area contributed by atoms with Gasteiger partial charge in [-0.05, 0) is 43.5 Å². The van der Waals surface area contributed by atoms with Crippen LogP contribution < -0.4 is 5.32 Å². The van der Waals surface area contributed by atoms with Crippen molar-refractivity contribution in [3.63, 3.8) is 0 Å². The number of carbonyl (C=O) groups excluding carboxylic acids is 3. The van der Waals surface area contributed by atoms with E-state index < -0.39 is 11.9 Å². The van der Waals surface area contributed by atoms with Gasteiger partial charge in [-0.1, -0.05) is 6.92 Å². The molecule has 25 heavy (non-hydrogen) atoms. The maximum Gasteiger partial charge on any atom is 0.337 e. The molecule has 0 spiro atoms. The Bertz CT molecular complexity index is 625. The fourth-order valence-corrected chi connectivity index (χ4v) is 3.01. The molecule has 2 rings (SSSR count). The monoisotopic (exact) mass is 348 g/mol. The quantitative estimate of drug-likeness (QED) is 0.819. The average Bonchev–Trinajstić information content (AvgIpc) is 2.59. The number of nitrogens with zero attached hydrogens (tertiary/aromatic N) is 1. The minimum absolute atomic E-state index is 0.173. The van der Waals surface area contributed by atoms with Crippen molar-refractivity contribution in [3.05, 3.63) is 29.3 Å². The lowest BCUT2D eigenvalue weighted by molar-refractivity contribution is -0.117. The number of anilines is 1. The van der Waals surface area contributed by atoms with Crippen LogP contribution in [0.2, 0.25) is 0 Å². The van der Waals surface area contributed by atoms with Gasteiger partial charge in [-0.25, -0.2) is 9.59 Å². The highest BCUT2D eigenvalue weighted by atomic mass is 16.5. The number of hydrogen-bond acceptors (Lipinski definition) is 6. The highest BCUT2D eigenvalue weighted by molar-refractivity contribution is 5.99. The zero-order chi connectivity index (χ0) is 18.4. The Kier molecular flexibility index (Phi) is 6.52. The maximum absolute atomic E-state index is 12.3. The summed E-state index contributed by atoms with van der Waals surface area (Å²) >= 11 is 0. The van der Waals surface area contributed by atoms with E-state index in [0.717, 1.165) is 19.5 Å². The fraction of sp³-hybridized carbons (Fsp3) is 0.500. The molecule has 0 radical (unpaired) electrons. The van der Waals surface area contributed by atoms with Gasteiger partial charge in [0.25, 0.3) is 0 Å². The minimum atomic E-state index is -0.592. The molecule has 1 aliphatic heterocycles. The first-order chi connectivity index (χ1) is 11.9. The predicted octanol–water partition coefficient (Wildman–Crippen LogP) is 1.93. The molecule has 136 valence electrons. The van der Waals surface area contributed by atoms with E-state index >= 15 is 0 Å². The Morgan fingerprint density at radius 3 is 2.24 bits per heavy atom. The molecule has 1 atom stereocenters. The Morgan fingerprint density at radius 1 is 1.12 bits per heavy atom. The number of carbonyl (C=O) groups is 3. The molecule has 7 nitrogen and oxygen atoms in total. The summed E-state index contributed by atoms with van der Waals surface area (Å²) in [7, 11) is 2.51. The third-order valence-corrected chi connectivity index (χ3v) is 4.17. The van der Waals surface area contributed by atoms with Gasteiger partial charge in [0.2, 0.25) is 5.91 Å². The summed E-state index contributed by atoms with van der Waals surface area (Å²) in [5, 5.41) is 2.75. The number of esters is 2. The summed E-state index contributed by atoms with van der Waals surface area (Å²) in [6.07, 6.45) is 2.26. The minimum Gasteiger partial charge on any atom is -0.465 e. The van der Waals surface area contributed by atoms with E-state index in [2.05, 4.69) is 26.6 Å². The van der Waals surface area contributed by atoms with Crippen LogP contribution in [-0.2, 0) is 14.3 Å². The lowest BCUT2D eigenvalue weighted by Crippen LogP contribution is -2.39. The van der Waals surface area contributed by atoms with Gasteiger partial charge in [-0.2, -0.15) is 0 Å². The van der Waals surface area contributed by atoms with Crippen molar-refractivity contribution in [2.24, 2.45) is 5.92 Å². The molecule has 0 unspecified atom stereocenters. The Balaban J connectivity index is 2.12. The second-order valence-corrected chi connectivity index (χ2v) is 6.31. The number of ether oxygens (including phenoxy) is 2. The van der Waals surface area contributed by atoms with Crippen LogP contribution in [0.3, 0.4) is 0 Å². The number of likely N-dealkylation sites (tertiary alicyclic amines) is 1. The van der Waals surface area contributed by atoms with Crippen LogP contribution >= 0.6 is 0 Å². The molecule has 1 N–H and O–H groups in total. The number of nitrogens with one attached hydrogen (secondary N) is 1. The lowest BCUT2D eigenvalue weighted by atomic mass is 10.0. The van der Waals surface area contributed by atoms with Gasteiger partial charge >= 0.3 is 11.9 Å². The third-order valence-electron chi connectivity index (χ3n) is 4.17. The van der Waals surface area contributed by atoms with Crippen molar-refractivity contribution < 1.29 is 23.9 Å². The molecule has 0 aromatic heterocycles. The highest BCUT2D eigenvalue weighted by Gasteiger charge is 2.19. The molecule has 1 aromatic rings. The van der Waals surface area contributed by atoms with Crippen molar-refractivity contribution in [2.75, 3.05) is 39.2 Å². The first-order valence-corrected chi connectivity index (χ1v) is 8.27. The molecule has 0 saturated carbocycles. The molecular weight excluding hydrogens is 324 g/mol. The van der Waals surface area contributed by atoms with Gasteiger partial charge in [0, 0.05) is 12.2 Å². The van der Waals surface area contributed by atoms with E-state index in [1.807, 2.05) is 0 Å². The zero-order valence-electron chi connectivity index (χ0n) is 14.8. The first kappa shape index (κ1) is 18.9. The van der Waals surface area contributed by atoms with Crippen LogP contribution in [0.1, 0.15) is 40.5 Å². The van der Waals surface area contributed by atoms with E-state index in [4.69, 9.17) is 0 Å². The van der Waals surface area contributed by atoms with E-state index in [-0.39, 0.29) is 23.6 Å². The summed E-state index contributed by atoms with van der Waals surface area (Å²) in [6, 6.07) is 4.34. The van der Waals surface area contributed by atoms with Gasteiger partial charge in [-0.3, -0.25) is 9.69 Å². The van der Waals surface area contributed by atoms with Crippen LogP contribution in [-0.4, -0.2) is 56.6 Å². The molecule has 1 fully saturated rings. The SMILES string of the molecule is COC(=O)c1cc(NC(=O)CN2CCC[C@H](C)C2)cc(C(=O)OC)c1. The highest BCUT2D eigenvalue weighted by Crippen LogP contribution is 2.18. The third kappa shape index (κ3) is 5.29. The number of amides is 1. The maximum atomic E-state index is 12.3. The van der Waals surface area contributed by atoms with Crippen LogP contribution in [0.4, 0.5) is 5.69 Å². The molecule has 1 saturated heterocycles. The molecule has 1 heterocycles. The number of hydrogen-bond donors (Lipinski definition) is 1. The Hall–Kier alpha value is -2.41. The van der Waals surface area contributed by atoms with Gasteiger partial charge in [0.05, 0.1) is 31.9 Å².